The first-order valence-corrected chi connectivity index (χ1v) is 9.40. The number of aliphatic hydroxyl groups is 1. The van der Waals surface area contributed by atoms with Crippen molar-refractivity contribution in [1.82, 2.24) is 9.62 Å². The Labute approximate surface area is 141 Å². The number of nitrogens with zero attached hydrogens (tertiary/aromatic N) is 1. The van der Waals surface area contributed by atoms with Crippen molar-refractivity contribution in [3.63, 3.8) is 0 Å². The monoisotopic (exact) mass is 348 g/mol. The SMILES string of the molecule is O=C(C(CO)NS(=O)(=O)c1ccc2ccccc2c1)N1CCCC1. The average Bonchev–Trinajstić information content (AvgIpc) is 3.13. The summed E-state index contributed by atoms with van der Waals surface area (Å²) >= 11 is 0. The topological polar surface area (TPSA) is 86.7 Å². The molecule has 128 valence electrons. The molecule has 0 saturated carbocycles. The van der Waals surface area contributed by atoms with Crippen LogP contribution in [-0.4, -0.2) is 50.1 Å². The zero-order valence-electron chi connectivity index (χ0n) is 13.2. The molecule has 1 fully saturated rings. The summed E-state index contributed by atoms with van der Waals surface area (Å²) in [6.07, 6.45) is 1.81. The first kappa shape index (κ1) is 16.9. The quantitative estimate of drug-likeness (QED) is 0.847. The molecule has 0 spiro atoms. The number of carbonyl (C=O) groups excluding carboxylic acids is 1. The number of hydrogen-bond donors (Lipinski definition) is 2. The minimum absolute atomic E-state index is 0.0777. The molecule has 2 aromatic carbocycles. The van der Waals surface area contributed by atoms with Gasteiger partial charge in [0.1, 0.15) is 6.04 Å². The number of nitrogens with one attached hydrogen (secondary N) is 1. The molecule has 0 radical (unpaired) electrons. The van der Waals surface area contributed by atoms with Gasteiger partial charge in [-0.3, -0.25) is 4.79 Å². The van der Waals surface area contributed by atoms with Crippen molar-refractivity contribution in [2.75, 3.05) is 19.7 Å². The van der Waals surface area contributed by atoms with E-state index in [0.717, 1.165) is 23.6 Å². The van der Waals surface area contributed by atoms with Crippen molar-refractivity contribution >= 4 is 26.7 Å². The third-order valence-corrected chi connectivity index (χ3v) is 5.70. The van der Waals surface area contributed by atoms with Gasteiger partial charge in [0, 0.05) is 13.1 Å². The second-order valence-corrected chi connectivity index (χ2v) is 7.61. The van der Waals surface area contributed by atoms with Crippen LogP contribution in [0.15, 0.2) is 47.4 Å². The molecule has 1 aliphatic rings. The molecule has 2 N–H and O–H groups in total. The van der Waals surface area contributed by atoms with Gasteiger partial charge in [0.05, 0.1) is 11.5 Å². The summed E-state index contributed by atoms with van der Waals surface area (Å²) in [5, 5.41) is 11.2. The predicted octanol–water partition coefficient (Wildman–Crippen LogP) is 1.10. The van der Waals surface area contributed by atoms with Crippen LogP contribution in [0.5, 0.6) is 0 Å². The molecule has 0 bridgehead atoms. The van der Waals surface area contributed by atoms with Crippen LogP contribution in [-0.2, 0) is 14.8 Å². The van der Waals surface area contributed by atoms with E-state index in [1.54, 1.807) is 17.0 Å². The highest BCUT2D eigenvalue weighted by atomic mass is 32.2. The molecule has 1 heterocycles. The fourth-order valence-electron chi connectivity index (χ4n) is 2.91. The molecule has 3 rings (SSSR count). The zero-order valence-corrected chi connectivity index (χ0v) is 14.0. The van der Waals surface area contributed by atoms with Crippen LogP contribution in [0.2, 0.25) is 0 Å². The van der Waals surface area contributed by atoms with E-state index in [-0.39, 0.29) is 10.8 Å². The number of sulfonamides is 1. The number of amides is 1. The summed E-state index contributed by atoms with van der Waals surface area (Å²) in [6.45, 7) is 0.641. The number of rotatable bonds is 5. The van der Waals surface area contributed by atoms with Gasteiger partial charge in [-0.2, -0.15) is 4.72 Å². The Balaban J connectivity index is 1.83. The van der Waals surface area contributed by atoms with Crippen LogP contribution < -0.4 is 4.72 Å². The molecule has 24 heavy (non-hydrogen) atoms. The molecule has 1 aliphatic heterocycles. The average molecular weight is 348 g/mol. The van der Waals surface area contributed by atoms with Gasteiger partial charge in [-0.15, -0.1) is 0 Å². The fraction of sp³-hybridized carbons (Fsp3) is 0.353. The molecule has 1 unspecified atom stereocenters. The summed E-state index contributed by atoms with van der Waals surface area (Å²) in [7, 11) is -3.90. The highest BCUT2D eigenvalue weighted by Gasteiger charge is 2.30. The van der Waals surface area contributed by atoms with Crippen LogP contribution >= 0.6 is 0 Å². The Bertz CT molecular complexity index is 845. The highest BCUT2D eigenvalue weighted by molar-refractivity contribution is 7.89. The molecule has 0 aliphatic carbocycles. The van der Waals surface area contributed by atoms with Crippen molar-refractivity contribution in [3.8, 4) is 0 Å². The van der Waals surface area contributed by atoms with E-state index in [4.69, 9.17) is 0 Å². The number of benzene rings is 2. The maximum absolute atomic E-state index is 12.6. The second-order valence-electron chi connectivity index (χ2n) is 5.90. The van der Waals surface area contributed by atoms with Gasteiger partial charge in [-0.05, 0) is 35.7 Å². The van der Waals surface area contributed by atoms with Gasteiger partial charge in [0.25, 0.3) is 0 Å². The molecule has 1 amide bonds. The second kappa shape index (κ2) is 6.88. The van der Waals surface area contributed by atoms with Crippen LogP contribution in [0, 0.1) is 0 Å². The minimum atomic E-state index is -3.90. The summed E-state index contributed by atoms with van der Waals surface area (Å²) in [5.74, 6) is -0.376. The van der Waals surface area contributed by atoms with E-state index in [9.17, 15) is 18.3 Å². The van der Waals surface area contributed by atoms with E-state index in [1.165, 1.54) is 6.07 Å². The minimum Gasteiger partial charge on any atom is -0.394 e. The lowest BCUT2D eigenvalue weighted by Gasteiger charge is -2.22. The van der Waals surface area contributed by atoms with E-state index in [0.29, 0.717) is 13.1 Å². The molecule has 7 heteroatoms. The number of hydrogen-bond acceptors (Lipinski definition) is 4. The third kappa shape index (κ3) is 3.43. The van der Waals surface area contributed by atoms with Gasteiger partial charge in [-0.1, -0.05) is 30.3 Å². The lowest BCUT2D eigenvalue weighted by Crippen LogP contribution is -2.49. The van der Waals surface area contributed by atoms with Gasteiger partial charge in [0.15, 0.2) is 0 Å². The van der Waals surface area contributed by atoms with E-state index < -0.39 is 22.7 Å². The summed E-state index contributed by atoms with van der Waals surface area (Å²) in [5.41, 5.74) is 0. The summed E-state index contributed by atoms with van der Waals surface area (Å²) < 4.78 is 27.5. The Hall–Kier alpha value is -1.96. The van der Waals surface area contributed by atoms with Gasteiger partial charge in [-0.25, -0.2) is 8.42 Å². The molecule has 0 aromatic heterocycles. The smallest absolute Gasteiger partial charge is 0.243 e. The maximum Gasteiger partial charge on any atom is 0.243 e. The maximum atomic E-state index is 12.6. The third-order valence-electron chi connectivity index (χ3n) is 4.23. The van der Waals surface area contributed by atoms with Gasteiger partial charge in [0.2, 0.25) is 15.9 Å². The molecule has 1 saturated heterocycles. The standard InChI is InChI=1S/C17H20N2O4S/c20-12-16(17(21)19-9-3-4-10-19)18-24(22,23)15-8-7-13-5-1-2-6-14(13)11-15/h1-2,5-8,11,16,18,20H,3-4,9-10,12H2. The van der Waals surface area contributed by atoms with Crippen molar-refractivity contribution < 1.29 is 18.3 Å². The van der Waals surface area contributed by atoms with E-state index in [1.807, 2.05) is 24.3 Å². The fourth-order valence-corrected chi connectivity index (χ4v) is 4.13. The molecule has 1 atom stereocenters. The van der Waals surface area contributed by atoms with E-state index >= 15 is 0 Å². The van der Waals surface area contributed by atoms with Crippen molar-refractivity contribution in [3.05, 3.63) is 42.5 Å². The lowest BCUT2D eigenvalue weighted by atomic mass is 10.1. The number of carbonyl (C=O) groups is 1. The Morgan fingerprint density at radius 2 is 1.79 bits per heavy atom. The Morgan fingerprint density at radius 3 is 2.46 bits per heavy atom. The molecular weight excluding hydrogens is 328 g/mol. The summed E-state index contributed by atoms with van der Waals surface area (Å²) in [6, 6.07) is 11.1. The number of likely N-dealkylation sites (tertiary alicyclic amines) is 1. The Kier molecular flexibility index (Phi) is 4.84. The first-order chi connectivity index (χ1) is 11.5. The molecule has 2 aromatic rings. The van der Waals surface area contributed by atoms with Crippen LogP contribution in [0.4, 0.5) is 0 Å². The number of aliphatic hydroxyl groups excluding tert-OH is 1. The van der Waals surface area contributed by atoms with Crippen molar-refractivity contribution in [1.29, 1.82) is 0 Å². The largest absolute Gasteiger partial charge is 0.394 e. The first-order valence-electron chi connectivity index (χ1n) is 7.92. The van der Waals surface area contributed by atoms with E-state index in [2.05, 4.69) is 4.72 Å². The van der Waals surface area contributed by atoms with Crippen LogP contribution in [0.1, 0.15) is 12.8 Å². The highest BCUT2D eigenvalue weighted by Crippen LogP contribution is 2.19. The van der Waals surface area contributed by atoms with Crippen molar-refractivity contribution in [2.45, 2.75) is 23.8 Å². The van der Waals surface area contributed by atoms with Crippen molar-refractivity contribution in [2.24, 2.45) is 0 Å². The van der Waals surface area contributed by atoms with Crippen LogP contribution in [0.3, 0.4) is 0 Å². The van der Waals surface area contributed by atoms with Gasteiger partial charge < -0.3 is 10.0 Å². The number of fused-ring (bicyclic) bond motifs is 1. The summed E-state index contributed by atoms with van der Waals surface area (Å²) in [4.78, 5) is 14.0. The van der Waals surface area contributed by atoms with Crippen LogP contribution in [0.25, 0.3) is 10.8 Å². The normalized spacial score (nSPS) is 16.5. The zero-order chi connectivity index (χ0) is 17.2. The Morgan fingerprint density at radius 1 is 1.12 bits per heavy atom. The van der Waals surface area contributed by atoms with Gasteiger partial charge >= 0.3 is 0 Å². The predicted molar refractivity (Wildman–Crippen MR) is 91.0 cm³/mol. The molecule has 6 nitrogen and oxygen atoms in total. The lowest BCUT2D eigenvalue weighted by molar-refractivity contribution is -0.132. The molecular formula is C17H20N2O4S.